The fraction of sp³-hybridized carbons (Fsp3) is 0.0833. The molecule has 1 aromatic heterocycles. The van der Waals surface area contributed by atoms with Crippen LogP contribution in [0, 0.1) is 11.3 Å². The lowest BCUT2D eigenvalue weighted by Gasteiger charge is -2.04. The number of carboxylic acid groups (broad SMARTS) is 1. The molecule has 0 atom stereocenters. The van der Waals surface area contributed by atoms with Crippen LogP contribution in [-0.4, -0.2) is 20.9 Å². The molecule has 0 spiro atoms. The van der Waals surface area contributed by atoms with Gasteiger partial charge in [0.2, 0.25) is 0 Å². The maximum atomic E-state index is 10.7. The molecule has 2 rings (SSSR count). The van der Waals surface area contributed by atoms with E-state index in [0.717, 1.165) is 5.56 Å². The molecular formula is C12H8ClN3O2. The topological polar surface area (TPSA) is 78.9 Å². The monoisotopic (exact) mass is 261 g/mol. The highest BCUT2D eigenvalue weighted by molar-refractivity contribution is 6.31. The van der Waals surface area contributed by atoms with E-state index in [2.05, 4.69) is 5.10 Å². The molecule has 2 aromatic rings. The van der Waals surface area contributed by atoms with Crippen LogP contribution in [0.15, 0.2) is 30.6 Å². The second-order valence-corrected chi connectivity index (χ2v) is 4.06. The first-order valence-corrected chi connectivity index (χ1v) is 5.42. The average molecular weight is 262 g/mol. The Morgan fingerprint density at radius 2 is 2.33 bits per heavy atom. The summed E-state index contributed by atoms with van der Waals surface area (Å²) in [5, 5.41) is 21.9. The third-order valence-corrected chi connectivity index (χ3v) is 2.75. The minimum Gasteiger partial charge on any atom is -0.478 e. The van der Waals surface area contributed by atoms with Crippen LogP contribution in [0.2, 0.25) is 5.02 Å². The predicted molar refractivity (Wildman–Crippen MR) is 64.5 cm³/mol. The largest absolute Gasteiger partial charge is 0.478 e. The molecule has 0 amide bonds. The second-order valence-electron chi connectivity index (χ2n) is 3.65. The van der Waals surface area contributed by atoms with E-state index in [-0.39, 0.29) is 5.56 Å². The predicted octanol–water partition coefficient (Wildman–Crippen LogP) is 2.15. The highest BCUT2D eigenvalue weighted by Gasteiger charge is 2.08. The molecule has 0 radical (unpaired) electrons. The molecule has 18 heavy (non-hydrogen) atoms. The highest BCUT2D eigenvalue weighted by Crippen LogP contribution is 2.18. The molecule has 0 fully saturated rings. The van der Waals surface area contributed by atoms with Gasteiger partial charge in [-0.05, 0) is 17.7 Å². The van der Waals surface area contributed by atoms with E-state index >= 15 is 0 Å². The van der Waals surface area contributed by atoms with Crippen molar-refractivity contribution in [3.05, 3.63) is 52.3 Å². The number of rotatable bonds is 3. The molecule has 1 N–H and O–H groups in total. The van der Waals surface area contributed by atoms with Crippen molar-refractivity contribution in [3.63, 3.8) is 0 Å². The van der Waals surface area contributed by atoms with Crippen molar-refractivity contribution in [2.24, 2.45) is 0 Å². The van der Waals surface area contributed by atoms with Crippen LogP contribution in [0.4, 0.5) is 0 Å². The number of carboxylic acids is 1. The number of nitrogens with zero attached hydrogens (tertiary/aromatic N) is 3. The van der Waals surface area contributed by atoms with Gasteiger partial charge in [-0.15, -0.1) is 0 Å². The summed E-state index contributed by atoms with van der Waals surface area (Å²) >= 11 is 6.02. The van der Waals surface area contributed by atoms with E-state index in [0.29, 0.717) is 17.1 Å². The Kier molecular flexibility index (Phi) is 3.31. The first-order valence-electron chi connectivity index (χ1n) is 5.04. The van der Waals surface area contributed by atoms with Gasteiger partial charge in [0.15, 0.2) is 0 Å². The second kappa shape index (κ2) is 4.90. The molecule has 0 saturated carbocycles. The Hall–Kier alpha value is -2.32. The summed E-state index contributed by atoms with van der Waals surface area (Å²) in [5.41, 5.74) is 1.38. The van der Waals surface area contributed by atoms with Crippen molar-refractivity contribution in [1.29, 1.82) is 5.26 Å². The molecule has 0 aliphatic rings. The number of nitriles is 1. The Bertz CT molecular complexity index is 643. The van der Waals surface area contributed by atoms with Crippen LogP contribution >= 0.6 is 11.6 Å². The fourth-order valence-corrected chi connectivity index (χ4v) is 1.72. The maximum absolute atomic E-state index is 10.7. The van der Waals surface area contributed by atoms with Gasteiger partial charge in [-0.25, -0.2) is 4.79 Å². The number of carbonyl (C=O) groups is 1. The maximum Gasteiger partial charge on any atom is 0.338 e. The van der Waals surface area contributed by atoms with Crippen molar-refractivity contribution >= 4 is 17.6 Å². The van der Waals surface area contributed by atoms with Gasteiger partial charge < -0.3 is 5.11 Å². The Labute approximate surface area is 108 Å². The van der Waals surface area contributed by atoms with E-state index in [1.807, 2.05) is 6.07 Å². The first-order chi connectivity index (χ1) is 8.60. The van der Waals surface area contributed by atoms with Crippen LogP contribution < -0.4 is 0 Å². The number of hydrogen-bond donors (Lipinski definition) is 1. The smallest absolute Gasteiger partial charge is 0.338 e. The SMILES string of the molecule is N#Cc1ccc(Cn2cc(C(=O)O)cn2)c(Cl)c1. The van der Waals surface area contributed by atoms with Crippen LogP contribution in [-0.2, 0) is 6.54 Å². The summed E-state index contributed by atoms with van der Waals surface area (Å²) in [6.45, 7) is 0.359. The lowest BCUT2D eigenvalue weighted by atomic mass is 10.1. The van der Waals surface area contributed by atoms with Gasteiger partial charge in [-0.1, -0.05) is 17.7 Å². The number of hydrogen-bond acceptors (Lipinski definition) is 3. The Morgan fingerprint density at radius 1 is 1.56 bits per heavy atom. The van der Waals surface area contributed by atoms with Gasteiger partial charge in [0, 0.05) is 11.2 Å². The number of aromatic carboxylic acids is 1. The van der Waals surface area contributed by atoms with Crippen LogP contribution in [0.25, 0.3) is 0 Å². The first kappa shape index (κ1) is 12.1. The number of aromatic nitrogens is 2. The number of benzene rings is 1. The zero-order valence-electron chi connectivity index (χ0n) is 9.17. The van der Waals surface area contributed by atoms with Gasteiger partial charge in [-0.2, -0.15) is 10.4 Å². The molecular weight excluding hydrogens is 254 g/mol. The summed E-state index contributed by atoms with van der Waals surface area (Å²) in [6.07, 6.45) is 2.71. The molecule has 6 heteroatoms. The third-order valence-electron chi connectivity index (χ3n) is 2.39. The molecule has 1 aromatic carbocycles. The van der Waals surface area contributed by atoms with Gasteiger partial charge >= 0.3 is 5.97 Å². The van der Waals surface area contributed by atoms with Crippen molar-refractivity contribution in [3.8, 4) is 6.07 Å². The molecule has 90 valence electrons. The zero-order chi connectivity index (χ0) is 13.1. The quantitative estimate of drug-likeness (QED) is 0.918. The molecule has 5 nitrogen and oxygen atoms in total. The Balaban J connectivity index is 2.23. The summed E-state index contributed by atoms with van der Waals surface area (Å²) in [5.74, 6) is -1.02. The third kappa shape index (κ3) is 2.50. The van der Waals surface area contributed by atoms with Crippen molar-refractivity contribution < 1.29 is 9.90 Å². The Morgan fingerprint density at radius 3 is 2.89 bits per heavy atom. The summed E-state index contributed by atoms with van der Waals surface area (Å²) in [6, 6.07) is 6.94. The molecule has 0 aliphatic carbocycles. The van der Waals surface area contributed by atoms with Crippen LogP contribution in [0.5, 0.6) is 0 Å². The van der Waals surface area contributed by atoms with E-state index in [4.69, 9.17) is 22.0 Å². The lowest BCUT2D eigenvalue weighted by Crippen LogP contribution is -2.01. The molecule has 0 aliphatic heterocycles. The summed E-state index contributed by atoms with van der Waals surface area (Å²) in [4.78, 5) is 10.7. The summed E-state index contributed by atoms with van der Waals surface area (Å²) < 4.78 is 1.48. The zero-order valence-corrected chi connectivity index (χ0v) is 9.92. The van der Waals surface area contributed by atoms with E-state index in [1.54, 1.807) is 18.2 Å². The number of halogens is 1. The van der Waals surface area contributed by atoms with E-state index in [1.165, 1.54) is 17.1 Å². The van der Waals surface area contributed by atoms with Crippen molar-refractivity contribution in [2.45, 2.75) is 6.54 Å². The van der Waals surface area contributed by atoms with Gasteiger partial charge in [-0.3, -0.25) is 4.68 Å². The standard InChI is InChI=1S/C12H8ClN3O2/c13-11-3-8(4-14)1-2-9(11)6-16-7-10(5-15-16)12(17)18/h1-3,5,7H,6H2,(H,17,18). The van der Waals surface area contributed by atoms with Gasteiger partial charge in [0.1, 0.15) is 0 Å². The minimum absolute atomic E-state index is 0.125. The molecule has 0 saturated heterocycles. The average Bonchev–Trinajstić information content (AvgIpc) is 2.80. The van der Waals surface area contributed by atoms with Crippen molar-refractivity contribution in [1.82, 2.24) is 9.78 Å². The van der Waals surface area contributed by atoms with Crippen LogP contribution in [0.3, 0.4) is 0 Å². The van der Waals surface area contributed by atoms with Crippen LogP contribution in [0.1, 0.15) is 21.5 Å². The summed E-state index contributed by atoms with van der Waals surface area (Å²) in [7, 11) is 0. The van der Waals surface area contributed by atoms with Crippen molar-refractivity contribution in [2.75, 3.05) is 0 Å². The molecule has 0 unspecified atom stereocenters. The minimum atomic E-state index is -1.02. The van der Waals surface area contributed by atoms with E-state index < -0.39 is 5.97 Å². The van der Waals surface area contributed by atoms with Gasteiger partial charge in [0.25, 0.3) is 0 Å². The van der Waals surface area contributed by atoms with Gasteiger partial charge in [0.05, 0.1) is 29.9 Å². The highest BCUT2D eigenvalue weighted by atomic mass is 35.5. The molecule has 0 bridgehead atoms. The van der Waals surface area contributed by atoms with E-state index in [9.17, 15) is 4.79 Å². The lowest BCUT2D eigenvalue weighted by molar-refractivity contribution is 0.0697. The molecule has 1 heterocycles. The fourth-order valence-electron chi connectivity index (χ4n) is 1.48. The normalized spacial score (nSPS) is 10.0.